The van der Waals surface area contributed by atoms with Crippen LogP contribution in [0.3, 0.4) is 0 Å². The Morgan fingerprint density at radius 2 is 2.08 bits per heavy atom. The molecule has 3 heteroatoms. The molecule has 0 spiro atoms. The van der Waals surface area contributed by atoms with Crippen molar-refractivity contribution in [1.29, 1.82) is 0 Å². The number of rotatable bonds is 2. The second-order valence-electron chi connectivity index (χ2n) is 4.17. The molecule has 0 heterocycles. The van der Waals surface area contributed by atoms with Crippen LogP contribution in [-0.4, -0.2) is 19.1 Å². The molecule has 13 heavy (non-hydrogen) atoms. The number of nitrogens with one attached hydrogen (secondary N) is 2. The summed E-state index contributed by atoms with van der Waals surface area (Å²) in [7, 11) is 1.66. The van der Waals surface area contributed by atoms with Crippen molar-refractivity contribution < 1.29 is 4.79 Å². The number of amides is 2. The highest BCUT2D eigenvalue weighted by molar-refractivity contribution is 5.73. The number of urea groups is 1. The summed E-state index contributed by atoms with van der Waals surface area (Å²) in [6.45, 7) is 4.46. The Bertz CT molecular complexity index is 180. The Morgan fingerprint density at radius 1 is 1.38 bits per heavy atom. The van der Waals surface area contributed by atoms with Gasteiger partial charge in [-0.25, -0.2) is 4.79 Å². The normalized spacial score (nSPS) is 27.7. The highest BCUT2D eigenvalue weighted by atomic mass is 16.2. The largest absolute Gasteiger partial charge is 0.341 e. The van der Waals surface area contributed by atoms with Crippen molar-refractivity contribution in [3.8, 4) is 0 Å². The summed E-state index contributed by atoms with van der Waals surface area (Å²) < 4.78 is 0. The first-order valence-corrected chi connectivity index (χ1v) is 5.13. The molecule has 1 aliphatic rings. The van der Waals surface area contributed by atoms with Crippen LogP contribution >= 0.6 is 0 Å². The summed E-state index contributed by atoms with van der Waals surface area (Å²) in [6, 6.07) is 0.345. The van der Waals surface area contributed by atoms with Gasteiger partial charge in [0.15, 0.2) is 0 Å². The summed E-state index contributed by atoms with van der Waals surface area (Å²) in [5.74, 6) is 1.34. The predicted octanol–water partition coefficient (Wildman–Crippen LogP) is 1.74. The molecule has 1 fully saturated rings. The lowest BCUT2D eigenvalue weighted by Crippen LogP contribution is -2.43. The van der Waals surface area contributed by atoms with Crippen LogP contribution in [0.4, 0.5) is 4.79 Å². The topological polar surface area (TPSA) is 41.1 Å². The van der Waals surface area contributed by atoms with Crippen LogP contribution in [-0.2, 0) is 0 Å². The summed E-state index contributed by atoms with van der Waals surface area (Å²) in [4.78, 5) is 11.1. The van der Waals surface area contributed by atoms with Crippen molar-refractivity contribution in [1.82, 2.24) is 10.6 Å². The lowest BCUT2D eigenvalue weighted by molar-refractivity contribution is 0.230. The smallest absolute Gasteiger partial charge is 0.314 e. The minimum atomic E-state index is -0.0439. The maximum atomic E-state index is 11.1. The molecule has 0 unspecified atom stereocenters. The molecular weight excluding hydrogens is 164 g/mol. The van der Waals surface area contributed by atoms with Gasteiger partial charge in [0, 0.05) is 13.1 Å². The SMILES string of the molecule is CNC(=O)N[C@H]1CCC[C@H]1C(C)C. The Labute approximate surface area is 80.3 Å². The van der Waals surface area contributed by atoms with E-state index in [1.54, 1.807) is 7.05 Å². The molecule has 2 amide bonds. The van der Waals surface area contributed by atoms with Gasteiger partial charge in [-0.2, -0.15) is 0 Å². The van der Waals surface area contributed by atoms with Crippen LogP contribution in [0.15, 0.2) is 0 Å². The van der Waals surface area contributed by atoms with E-state index in [9.17, 15) is 4.79 Å². The lowest BCUT2D eigenvalue weighted by atomic mass is 9.91. The molecule has 2 N–H and O–H groups in total. The van der Waals surface area contributed by atoms with Gasteiger partial charge in [-0.1, -0.05) is 20.3 Å². The van der Waals surface area contributed by atoms with Crippen LogP contribution in [0.25, 0.3) is 0 Å². The van der Waals surface area contributed by atoms with Gasteiger partial charge in [0.1, 0.15) is 0 Å². The van der Waals surface area contributed by atoms with Crippen molar-refractivity contribution in [2.45, 2.75) is 39.2 Å². The molecule has 0 aromatic heterocycles. The van der Waals surface area contributed by atoms with Crippen molar-refractivity contribution in [2.75, 3.05) is 7.05 Å². The average molecular weight is 184 g/mol. The molecular formula is C10H20N2O. The predicted molar refractivity (Wildman–Crippen MR) is 53.6 cm³/mol. The molecule has 0 saturated heterocycles. The molecule has 0 aromatic carbocycles. The minimum absolute atomic E-state index is 0.0439. The summed E-state index contributed by atoms with van der Waals surface area (Å²) in [6.07, 6.45) is 3.64. The molecule has 0 bridgehead atoms. The molecule has 0 radical (unpaired) electrons. The quantitative estimate of drug-likeness (QED) is 0.674. The van der Waals surface area contributed by atoms with Crippen molar-refractivity contribution in [3.63, 3.8) is 0 Å². The Balaban J connectivity index is 2.44. The number of hydrogen-bond acceptors (Lipinski definition) is 1. The van der Waals surface area contributed by atoms with Crippen LogP contribution in [0.5, 0.6) is 0 Å². The first-order chi connectivity index (χ1) is 6.15. The van der Waals surface area contributed by atoms with Gasteiger partial charge in [-0.3, -0.25) is 0 Å². The Kier molecular flexibility index (Phi) is 3.58. The zero-order valence-corrected chi connectivity index (χ0v) is 8.76. The Hall–Kier alpha value is -0.730. The summed E-state index contributed by atoms with van der Waals surface area (Å²) in [5.41, 5.74) is 0. The van der Waals surface area contributed by atoms with E-state index in [1.165, 1.54) is 12.8 Å². The highest BCUT2D eigenvalue weighted by Gasteiger charge is 2.30. The fraction of sp³-hybridized carbons (Fsp3) is 0.900. The zero-order chi connectivity index (χ0) is 9.84. The van der Waals surface area contributed by atoms with E-state index in [4.69, 9.17) is 0 Å². The molecule has 3 nitrogen and oxygen atoms in total. The van der Waals surface area contributed by atoms with Crippen molar-refractivity contribution >= 4 is 6.03 Å². The third-order valence-corrected chi connectivity index (χ3v) is 2.97. The van der Waals surface area contributed by atoms with E-state index >= 15 is 0 Å². The fourth-order valence-corrected chi connectivity index (χ4v) is 2.21. The molecule has 1 aliphatic carbocycles. The van der Waals surface area contributed by atoms with E-state index in [1.807, 2.05) is 0 Å². The van der Waals surface area contributed by atoms with Crippen molar-refractivity contribution in [3.05, 3.63) is 0 Å². The molecule has 0 aromatic rings. The second kappa shape index (κ2) is 4.49. The zero-order valence-electron chi connectivity index (χ0n) is 8.76. The number of hydrogen-bond donors (Lipinski definition) is 2. The third kappa shape index (κ3) is 2.61. The van der Waals surface area contributed by atoms with E-state index in [0.717, 1.165) is 6.42 Å². The van der Waals surface area contributed by atoms with E-state index in [2.05, 4.69) is 24.5 Å². The first-order valence-electron chi connectivity index (χ1n) is 5.13. The molecule has 1 rings (SSSR count). The first kappa shape index (κ1) is 10.4. The molecule has 76 valence electrons. The minimum Gasteiger partial charge on any atom is -0.341 e. The number of carbonyl (C=O) groups excluding carboxylic acids is 1. The van der Waals surface area contributed by atoms with Crippen LogP contribution < -0.4 is 10.6 Å². The van der Waals surface area contributed by atoms with E-state index in [0.29, 0.717) is 17.9 Å². The van der Waals surface area contributed by atoms with Gasteiger partial charge >= 0.3 is 6.03 Å². The van der Waals surface area contributed by atoms with Gasteiger partial charge in [0.05, 0.1) is 0 Å². The lowest BCUT2D eigenvalue weighted by Gasteiger charge is -2.23. The maximum absolute atomic E-state index is 11.1. The second-order valence-corrected chi connectivity index (χ2v) is 4.17. The van der Waals surface area contributed by atoms with Crippen LogP contribution in [0.2, 0.25) is 0 Å². The third-order valence-electron chi connectivity index (χ3n) is 2.97. The molecule has 2 atom stereocenters. The maximum Gasteiger partial charge on any atom is 0.314 e. The van der Waals surface area contributed by atoms with Gasteiger partial charge in [0.25, 0.3) is 0 Å². The van der Waals surface area contributed by atoms with Crippen LogP contribution in [0, 0.1) is 11.8 Å². The van der Waals surface area contributed by atoms with Crippen LogP contribution in [0.1, 0.15) is 33.1 Å². The monoisotopic (exact) mass is 184 g/mol. The molecule has 1 saturated carbocycles. The highest BCUT2D eigenvalue weighted by Crippen LogP contribution is 2.31. The Morgan fingerprint density at radius 3 is 2.62 bits per heavy atom. The fourth-order valence-electron chi connectivity index (χ4n) is 2.21. The summed E-state index contributed by atoms with van der Waals surface area (Å²) in [5, 5.41) is 5.61. The van der Waals surface area contributed by atoms with E-state index in [-0.39, 0.29) is 6.03 Å². The molecule has 0 aliphatic heterocycles. The standard InChI is InChI=1S/C10H20N2O/c1-7(2)8-5-4-6-9(8)12-10(13)11-3/h7-9H,4-6H2,1-3H3,(H2,11,12,13)/t8-,9-/m0/s1. The summed E-state index contributed by atoms with van der Waals surface area (Å²) >= 11 is 0. The van der Waals surface area contributed by atoms with Gasteiger partial charge in [-0.15, -0.1) is 0 Å². The number of carbonyl (C=O) groups is 1. The van der Waals surface area contributed by atoms with E-state index < -0.39 is 0 Å². The van der Waals surface area contributed by atoms with Crippen molar-refractivity contribution in [2.24, 2.45) is 11.8 Å². The average Bonchev–Trinajstić information content (AvgIpc) is 2.52. The van der Waals surface area contributed by atoms with Gasteiger partial charge in [0.2, 0.25) is 0 Å². The van der Waals surface area contributed by atoms with Gasteiger partial charge < -0.3 is 10.6 Å². The van der Waals surface area contributed by atoms with Gasteiger partial charge in [-0.05, 0) is 24.7 Å².